The van der Waals surface area contributed by atoms with Gasteiger partial charge in [0.2, 0.25) is 0 Å². The number of hydrogen-bond donors (Lipinski definition) is 1. The second-order valence-electron chi connectivity index (χ2n) is 6.01. The highest BCUT2D eigenvalue weighted by atomic mass is 79.9. The Morgan fingerprint density at radius 3 is 2.58 bits per heavy atom. The number of benzene rings is 2. The van der Waals surface area contributed by atoms with Crippen molar-refractivity contribution in [3.05, 3.63) is 79.7 Å². The number of halogens is 2. The quantitative estimate of drug-likeness (QED) is 0.527. The first-order chi connectivity index (χ1) is 12.4. The molecule has 0 aliphatic rings. The largest absolute Gasteiger partial charge is 0.489 e. The summed E-state index contributed by atoms with van der Waals surface area (Å²) in [5.74, 6) is -0.0202. The van der Waals surface area contributed by atoms with Crippen LogP contribution in [0.4, 0.5) is 10.1 Å². The average molecular weight is 434 g/mol. The zero-order valence-corrected chi connectivity index (χ0v) is 16.7. The Kier molecular flexibility index (Phi) is 5.74. The highest BCUT2D eigenvalue weighted by Gasteiger charge is 2.12. The van der Waals surface area contributed by atoms with Gasteiger partial charge >= 0.3 is 0 Å². The molecule has 0 spiro atoms. The van der Waals surface area contributed by atoms with Crippen LogP contribution in [0.3, 0.4) is 0 Å². The molecule has 0 saturated carbocycles. The number of thiophene rings is 1. The van der Waals surface area contributed by atoms with E-state index in [4.69, 9.17) is 4.74 Å². The first-order valence-electron chi connectivity index (χ1n) is 7.95. The summed E-state index contributed by atoms with van der Waals surface area (Å²) in [5.41, 5.74) is 3.33. The van der Waals surface area contributed by atoms with Gasteiger partial charge in [0.1, 0.15) is 18.2 Å². The topological polar surface area (TPSA) is 38.3 Å². The third-order valence-corrected chi connectivity index (χ3v) is 5.13. The highest BCUT2D eigenvalue weighted by Crippen LogP contribution is 2.23. The smallest absolute Gasteiger partial charge is 0.265 e. The minimum Gasteiger partial charge on any atom is -0.489 e. The van der Waals surface area contributed by atoms with E-state index in [-0.39, 0.29) is 11.6 Å². The van der Waals surface area contributed by atoms with E-state index in [9.17, 15) is 9.18 Å². The lowest BCUT2D eigenvalue weighted by Crippen LogP contribution is -2.11. The fourth-order valence-electron chi connectivity index (χ4n) is 2.53. The van der Waals surface area contributed by atoms with Crippen molar-refractivity contribution in [3.8, 4) is 5.75 Å². The summed E-state index contributed by atoms with van der Waals surface area (Å²) in [5, 5.41) is 4.46. The Bertz CT molecular complexity index is 934. The van der Waals surface area contributed by atoms with Crippen molar-refractivity contribution in [2.75, 3.05) is 5.32 Å². The van der Waals surface area contributed by atoms with Gasteiger partial charge in [0.15, 0.2) is 0 Å². The fraction of sp³-hybridized carbons (Fsp3) is 0.150. The number of carbonyl (C=O) groups is 1. The fourth-order valence-corrected chi connectivity index (χ4v) is 3.65. The van der Waals surface area contributed by atoms with Crippen LogP contribution in [-0.4, -0.2) is 5.91 Å². The number of aryl methyl sites for hydroxylation is 2. The van der Waals surface area contributed by atoms with E-state index in [1.54, 1.807) is 12.1 Å². The van der Waals surface area contributed by atoms with Crippen LogP contribution in [0.5, 0.6) is 5.75 Å². The second kappa shape index (κ2) is 8.01. The molecule has 0 radical (unpaired) electrons. The van der Waals surface area contributed by atoms with Crippen molar-refractivity contribution in [3.63, 3.8) is 0 Å². The Labute approximate surface area is 164 Å². The van der Waals surface area contributed by atoms with Gasteiger partial charge in [-0.25, -0.2) is 4.39 Å². The van der Waals surface area contributed by atoms with E-state index < -0.39 is 5.82 Å². The van der Waals surface area contributed by atoms with E-state index in [0.29, 0.717) is 16.0 Å². The van der Waals surface area contributed by atoms with Crippen LogP contribution >= 0.6 is 27.3 Å². The Hall–Kier alpha value is -2.18. The number of nitrogens with one attached hydrogen (secondary N) is 1. The summed E-state index contributed by atoms with van der Waals surface area (Å²) < 4.78 is 20.3. The summed E-state index contributed by atoms with van der Waals surface area (Å²) in [6, 6.07) is 12.3. The van der Waals surface area contributed by atoms with Crippen molar-refractivity contribution in [2.45, 2.75) is 20.5 Å². The predicted molar refractivity (Wildman–Crippen MR) is 107 cm³/mol. The second-order valence-corrected chi connectivity index (χ2v) is 7.84. The SMILES string of the molecule is Cc1cc(C)cc(OCc2csc(C(=O)Nc3ccc(Br)cc3F)c2)c1. The van der Waals surface area contributed by atoms with Crippen molar-refractivity contribution in [1.29, 1.82) is 0 Å². The van der Waals surface area contributed by atoms with Crippen molar-refractivity contribution in [2.24, 2.45) is 0 Å². The minimum absolute atomic E-state index is 0.152. The van der Waals surface area contributed by atoms with E-state index in [0.717, 1.165) is 22.4 Å². The summed E-state index contributed by atoms with van der Waals surface area (Å²) in [7, 11) is 0. The van der Waals surface area contributed by atoms with Crippen LogP contribution in [0.15, 0.2) is 52.3 Å². The zero-order chi connectivity index (χ0) is 18.7. The van der Waals surface area contributed by atoms with Crippen molar-refractivity contribution >= 4 is 38.9 Å². The molecule has 0 atom stereocenters. The minimum atomic E-state index is -0.484. The summed E-state index contributed by atoms with van der Waals surface area (Å²) in [6.45, 7) is 4.42. The first-order valence-corrected chi connectivity index (χ1v) is 9.63. The van der Waals surface area contributed by atoms with Gasteiger partial charge in [-0.1, -0.05) is 22.0 Å². The molecular weight excluding hydrogens is 417 g/mol. The summed E-state index contributed by atoms with van der Waals surface area (Å²) in [4.78, 5) is 12.8. The molecule has 134 valence electrons. The van der Waals surface area contributed by atoms with Crippen LogP contribution in [0.25, 0.3) is 0 Å². The number of carbonyl (C=O) groups excluding carboxylic acids is 1. The molecule has 1 heterocycles. The molecule has 0 fully saturated rings. The van der Waals surface area contributed by atoms with Crippen molar-refractivity contribution < 1.29 is 13.9 Å². The van der Waals surface area contributed by atoms with Crippen LogP contribution < -0.4 is 10.1 Å². The van der Waals surface area contributed by atoms with Gasteiger partial charge in [-0.15, -0.1) is 11.3 Å². The summed E-state index contributed by atoms with van der Waals surface area (Å²) >= 11 is 4.50. The van der Waals surface area contributed by atoms with Gasteiger partial charge in [-0.05, 0) is 66.8 Å². The molecule has 26 heavy (non-hydrogen) atoms. The maximum absolute atomic E-state index is 13.8. The van der Waals surface area contributed by atoms with Gasteiger partial charge < -0.3 is 10.1 Å². The lowest BCUT2D eigenvalue weighted by Gasteiger charge is -2.07. The van der Waals surface area contributed by atoms with E-state index in [2.05, 4.69) is 27.3 Å². The lowest BCUT2D eigenvalue weighted by atomic mass is 10.1. The third-order valence-electron chi connectivity index (χ3n) is 3.66. The highest BCUT2D eigenvalue weighted by molar-refractivity contribution is 9.10. The standard InChI is InChI=1S/C20H17BrFNO2S/c1-12-5-13(2)7-16(6-12)25-10-14-8-19(26-11-14)20(24)23-18-4-3-15(21)9-17(18)22/h3-9,11H,10H2,1-2H3,(H,23,24). The Morgan fingerprint density at radius 1 is 1.15 bits per heavy atom. The van der Waals surface area contributed by atoms with E-state index in [1.165, 1.54) is 23.5 Å². The van der Waals surface area contributed by atoms with Gasteiger partial charge in [-0.3, -0.25) is 4.79 Å². The van der Waals surface area contributed by atoms with Crippen molar-refractivity contribution in [1.82, 2.24) is 0 Å². The van der Waals surface area contributed by atoms with Gasteiger partial charge in [0.05, 0.1) is 10.6 Å². The van der Waals surface area contributed by atoms with E-state index in [1.807, 2.05) is 31.4 Å². The van der Waals surface area contributed by atoms with Crippen LogP contribution in [-0.2, 0) is 6.61 Å². The molecule has 0 aliphatic heterocycles. The first kappa shape index (κ1) is 18.6. The molecule has 0 saturated heterocycles. The lowest BCUT2D eigenvalue weighted by molar-refractivity contribution is 0.103. The molecule has 2 aromatic carbocycles. The monoisotopic (exact) mass is 433 g/mol. The molecule has 0 unspecified atom stereocenters. The maximum Gasteiger partial charge on any atom is 0.265 e. The number of rotatable bonds is 5. The predicted octanol–water partition coefficient (Wildman–Crippen LogP) is 6.10. The number of anilines is 1. The molecule has 0 aliphatic carbocycles. The molecule has 6 heteroatoms. The van der Waals surface area contributed by atoms with Gasteiger partial charge in [0.25, 0.3) is 5.91 Å². The molecule has 3 nitrogen and oxygen atoms in total. The molecule has 1 amide bonds. The average Bonchev–Trinajstić information content (AvgIpc) is 3.04. The molecule has 1 N–H and O–H groups in total. The van der Waals surface area contributed by atoms with Crippen LogP contribution in [0.1, 0.15) is 26.4 Å². The Balaban J connectivity index is 1.64. The molecular formula is C20H17BrFNO2S. The van der Waals surface area contributed by atoms with E-state index >= 15 is 0 Å². The maximum atomic E-state index is 13.8. The van der Waals surface area contributed by atoms with Crippen LogP contribution in [0.2, 0.25) is 0 Å². The molecule has 1 aromatic heterocycles. The summed E-state index contributed by atoms with van der Waals surface area (Å²) in [6.07, 6.45) is 0. The van der Waals surface area contributed by atoms with Gasteiger partial charge in [0, 0.05) is 10.0 Å². The molecule has 3 aromatic rings. The third kappa shape index (κ3) is 4.71. The molecule has 0 bridgehead atoms. The number of ether oxygens (including phenoxy) is 1. The normalized spacial score (nSPS) is 10.6. The van der Waals surface area contributed by atoms with Crippen LogP contribution in [0, 0.1) is 19.7 Å². The number of hydrogen-bond acceptors (Lipinski definition) is 3. The number of amides is 1. The van der Waals surface area contributed by atoms with Gasteiger partial charge in [-0.2, -0.15) is 0 Å². The Morgan fingerprint density at radius 2 is 1.88 bits per heavy atom. The zero-order valence-electron chi connectivity index (χ0n) is 14.3. The molecule has 3 rings (SSSR count).